The zero-order valence-electron chi connectivity index (χ0n) is 15.5. The Morgan fingerprint density at radius 1 is 1.11 bits per heavy atom. The van der Waals surface area contributed by atoms with Gasteiger partial charge in [0.2, 0.25) is 11.9 Å². The minimum absolute atomic E-state index is 0.129. The summed E-state index contributed by atoms with van der Waals surface area (Å²) in [5.41, 5.74) is 2.03. The molecule has 0 unspecified atom stereocenters. The van der Waals surface area contributed by atoms with Gasteiger partial charge in [-0.3, -0.25) is 10.1 Å². The van der Waals surface area contributed by atoms with Gasteiger partial charge in [-0.05, 0) is 17.7 Å². The highest BCUT2D eigenvalue weighted by molar-refractivity contribution is 6.30. The van der Waals surface area contributed by atoms with Crippen molar-refractivity contribution >= 4 is 29.7 Å². The van der Waals surface area contributed by atoms with Crippen molar-refractivity contribution in [2.45, 2.75) is 20.8 Å². The average Bonchev–Trinajstić information content (AvgIpc) is 3.04. The van der Waals surface area contributed by atoms with E-state index in [2.05, 4.69) is 15.4 Å². The highest BCUT2D eigenvalue weighted by Crippen LogP contribution is 2.23. The van der Waals surface area contributed by atoms with Gasteiger partial charge in [-0.2, -0.15) is 5.10 Å². The van der Waals surface area contributed by atoms with Gasteiger partial charge in [0.05, 0.1) is 18.1 Å². The van der Waals surface area contributed by atoms with Crippen LogP contribution in [0.4, 0.5) is 5.95 Å². The number of nitrogens with one attached hydrogen (secondary N) is 1. The highest BCUT2D eigenvalue weighted by Gasteiger charge is 2.23. The molecule has 0 aliphatic carbocycles. The summed E-state index contributed by atoms with van der Waals surface area (Å²) in [5, 5.41) is 7.99. The first-order valence-electron chi connectivity index (χ1n) is 8.59. The van der Waals surface area contributed by atoms with Crippen molar-refractivity contribution in [3.63, 3.8) is 0 Å². The Labute approximate surface area is 163 Å². The van der Waals surface area contributed by atoms with Crippen molar-refractivity contribution in [2.24, 2.45) is 10.5 Å². The Hall–Kier alpha value is -2.92. The lowest BCUT2D eigenvalue weighted by Crippen LogP contribution is -2.28. The quantitative estimate of drug-likeness (QED) is 0.642. The molecule has 0 spiro atoms. The molecule has 0 atom stereocenters. The number of halogens is 1. The number of rotatable bonds is 4. The number of carbonyl (C=O) groups excluding carboxylic acids is 1. The van der Waals surface area contributed by atoms with E-state index >= 15 is 0 Å². The van der Waals surface area contributed by atoms with Crippen LogP contribution in [0.2, 0.25) is 5.02 Å². The van der Waals surface area contributed by atoms with Crippen LogP contribution < -0.4 is 5.32 Å². The Morgan fingerprint density at radius 2 is 1.78 bits per heavy atom. The maximum absolute atomic E-state index is 12.4. The topological polar surface area (TPSA) is 59.3 Å². The number of anilines is 1. The van der Waals surface area contributed by atoms with Crippen LogP contribution in [0.25, 0.3) is 11.3 Å². The van der Waals surface area contributed by atoms with Gasteiger partial charge in [-0.25, -0.2) is 9.66 Å². The molecule has 0 fully saturated rings. The number of hydrogen-bond acceptors (Lipinski definition) is 3. The number of benzene rings is 2. The third kappa shape index (κ3) is 4.83. The molecule has 3 rings (SSSR count). The second kappa shape index (κ2) is 7.76. The molecular weight excluding hydrogens is 360 g/mol. The molecule has 6 heteroatoms. The summed E-state index contributed by atoms with van der Waals surface area (Å²) in [6.07, 6.45) is 3.49. The SMILES string of the molecule is CC(C)(C)C(=O)Nc1nc(-c2ccccc2)cn1/N=C/c1ccc(Cl)cc1. The summed E-state index contributed by atoms with van der Waals surface area (Å²) >= 11 is 5.92. The van der Waals surface area contributed by atoms with Gasteiger partial charge in [0.25, 0.3) is 0 Å². The lowest BCUT2D eigenvalue weighted by Gasteiger charge is -2.16. The van der Waals surface area contributed by atoms with E-state index in [1.165, 1.54) is 0 Å². The van der Waals surface area contributed by atoms with Crippen LogP contribution in [0.5, 0.6) is 0 Å². The molecule has 0 saturated heterocycles. The minimum atomic E-state index is -0.538. The lowest BCUT2D eigenvalue weighted by molar-refractivity contribution is -0.123. The largest absolute Gasteiger partial charge is 0.294 e. The third-order valence-corrected chi connectivity index (χ3v) is 4.12. The van der Waals surface area contributed by atoms with Crippen molar-refractivity contribution in [1.29, 1.82) is 0 Å². The van der Waals surface area contributed by atoms with Crippen molar-refractivity contribution in [2.75, 3.05) is 5.32 Å². The van der Waals surface area contributed by atoms with E-state index in [1.807, 2.05) is 63.2 Å². The van der Waals surface area contributed by atoms with Crippen LogP contribution in [0.1, 0.15) is 26.3 Å². The standard InChI is InChI=1S/C21H21ClN4O/c1-21(2,3)19(27)25-20-24-18(16-7-5-4-6-8-16)14-26(20)23-13-15-9-11-17(22)12-10-15/h4-14H,1-3H3,(H,24,25,27)/b23-13+. The van der Waals surface area contributed by atoms with E-state index in [9.17, 15) is 4.79 Å². The normalized spacial score (nSPS) is 11.7. The average molecular weight is 381 g/mol. The second-order valence-electron chi connectivity index (χ2n) is 7.16. The number of aromatic nitrogens is 2. The molecule has 0 aliphatic heterocycles. The number of carbonyl (C=O) groups is 1. The van der Waals surface area contributed by atoms with Crippen LogP contribution >= 0.6 is 11.6 Å². The fourth-order valence-corrected chi connectivity index (χ4v) is 2.39. The van der Waals surface area contributed by atoms with Gasteiger partial charge in [-0.15, -0.1) is 0 Å². The Balaban J connectivity index is 1.95. The molecule has 1 N–H and O–H groups in total. The first-order valence-corrected chi connectivity index (χ1v) is 8.97. The molecule has 0 saturated carbocycles. The van der Waals surface area contributed by atoms with Crippen LogP contribution in [0.15, 0.2) is 65.9 Å². The van der Waals surface area contributed by atoms with E-state index in [1.54, 1.807) is 29.2 Å². The van der Waals surface area contributed by atoms with E-state index in [-0.39, 0.29) is 5.91 Å². The zero-order valence-corrected chi connectivity index (χ0v) is 16.2. The van der Waals surface area contributed by atoms with Crippen LogP contribution in [-0.4, -0.2) is 21.8 Å². The highest BCUT2D eigenvalue weighted by atomic mass is 35.5. The first-order chi connectivity index (χ1) is 12.8. The van der Waals surface area contributed by atoms with Gasteiger partial charge in [0, 0.05) is 16.0 Å². The molecule has 5 nitrogen and oxygen atoms in total. The van der Waals surface area contributed by atoms with E-state index in [0.29, 0.717) is 11.0 Å². The molecule has 3 aromatic rings. The summed E-state index contributed by atoms with van der Waals surface area (Å²) in [4.78, 5) is 17.0. The molecule has 2 aromatic carbocycles. The van der Waals surface area contributed by atoms with Gasteiger partial charge >= 0.3 is 0 Å². The molecular formula is C21H21ClN4O. The zero-order chi connectivity index (χ0) is 19.4. The van der Waals surface area contributed by atoms with Crippen molar-refractivity contribution in [1.82, 2.24) is 9.66 Å². The van der Waals surface area contributed by atoms with Crippen molar-refractivity contribution in [3.8, 4) is 11.3 Å². The minimum Gasteiger partial charge on any atom is -0.294 e. The molecule has 138 valence electrons. The van der Waals surface area contributed by atoms with E-state index < -0.39 is 5.41 Å². The van der Waals surface area contributed by atoms with Crippen molar-refractivity contribution in [3.05, 3.63) is 71.4 Å². The molecule has 0 bridgehead atoms. The predicted molar refractivity (Wildman–Crippen MR) is 110 cm³/mol. The van der Waals surface area contributed by atoms with E-state index in [0.717, 1.165) is 16.8 Å². The van der Waals surface area contributed by atoms with Gasteiger partial charge in [0.15, 0.2) is 0 Å². The Kier molecular flexibility index (Phi) is 5.42. The monoisotopic (exact) mass is 380 g/mol. The van der Waals surface area contributed by atoms with Crippen LogP contribution in [0, 0.1) is 5.41 Å². The molecule has 1 amide bonds. The first kappa shape index (κ1) is 18.9. The number of imidazole rings is 1. The second-order valence-corrected chi connectivity index (χ2v) is 7.60. The number of amides is 1. The Bertz CT molecular complexity index is 954. The number of hydrogen-bond donors (Lipinski definition) is 1. The fourth-order valence-electron chi connectivity index (χ4n) is 2.26. The molecule has 1 aromatic heterocycles. The summed E-state index contributed by atoms with van der Waals surface area (Å²) in [6.45, 7) is 5.56. The van der Waals surface area contributed by atoms with Gasteiger partial charge in [0.1, 0.15) is 0 Å². The summed E-state index contributed by atoms with van der Waals surface area (Å²) in [7, 11) is 0. The van der Waals surface area contributed by atoms with Gasteiger partial charge in [-0.1, -0.05) is 74.8 Å². The van der Waals surface area contributed by atoms with Crippen molar-refractivity contribution < 1.29 is 4.79 Å². The summed E-state index contributed by atoms with van der Waals surface area (Å²) < 4.78 is 1.57. The number of nitrogens with zero attached hydrogens (tertiary/aromatic N) is 3. The smallest absolute Gasteiger partial charge is 0.232 e. The summed E-state index contributed by atoms with van der Waals surface area (Å²) in [6, 6.07) is 17.1. The maximum atomic E-state index is 12.4. The van der Waals surface area contributed by atoms with E-state index in [4.69, 9.17) is 11.6 Å². The maximum Gasteiger partial charge on any atom is 0.232 e. The third-order valence-electron chi connectivity index (χ3n) is 3.87. The summed E-state index contributed by atoms with van der Waals surface area (Å²) in [5.74, 6) is 0.245. The fraction of sp³-hybridized carbons (Fsp3) is 0.190. The molecule has 1 heterocycles. The molecule has 0 radical (unpaired) electrons. The van der Waals surface area contributed by atoms with Crippen LogP contribution in [0.3, 0.4) is 0 Å². The van der Waals surface area contributed by atoms with Crippen LogP contribution in [-0.2, 0) is 4.79 Å². The Morgan fingerprint density at radius 3 is 2.41 bits per heavy atom. The lowest BCUT2D eigenvalue weighted by atomic mass is 9.96. The molecule has 0 aliphatic rings. The van der Waals surface area contributed by atoms with Gasteiger partial charge < -0.3 is 0 Å². The predicted octanol–water partition coefficient (Wildman–Crippen LogP) is 5.07. The molecule has 27 heavy (non-hydrogen) atoms.